The van der Waals surface area contributed by atoms with Crippen molar-refractivity contribution in [3.8, 4) is 0 Å². The molecule has 0 amide bonds. The first-order valence-electron chi connectivity index (χ1n) is 11.6. The molecule has 11 nitrogen and oxygen atoms in total. The Labute approximate surface area is 188 Å². The van der Waals surface area contributed by atoms with Gasteiger partial charge >= 0.3 is 0 Å². The molecule has 11 heteroatoms. The van der Waals surface area contributed by atoms with Crippen molar-refractivity contribution in [1.29, 1.82) is 0 Å². The van der Waals surface area contributed by atoms with E-state index < -0.39 is 79.8 Å². The van der Waals surface area contributed by atoms with E-state index in [9.17, 15) is 25.5 Å². The average Bonchev–Trinajstić information content (AvgIpc) is 2.79. The molecule has 0 aromatic rings. The Morgan fingerprint density at radius 3 is 2.09 bits per heavy atom. The zero-order chi connectivity index (χ0) is 23.7. The highest BCUT2D eigenvalue weighted by Crippen LogP contribution is 2.35. The number of hydrogen-bond acceptors (Lipinski definition) is 11. The van der Waals surface area contributed by atoms with Crippen LogP contribution in [0.25, 0.3) is 0 Å². The highest BCUT2D eigenvalue weighted by molar-refractivity contribution is 5.02. The number of aliphatic hydroxyl groups is 5. The molecule has 0 aromatic carbocycles. The van der Waals surface area contributed by atoms with Crippen LogP contribution in [0, 0.1) is 11.8 Å². The second-order valence-corrected chi connectivity index (χ2v) is 9.46. The summed E-state index contributed by atoms with van der Waals surface area (Å²) in [5.41, 5.74) is 12.4. The molecule has 1 aliphatic carbocycles. The molecule has 14 atom stereocenters. The number of nitrogens with two attached hydrogens (primary N) is 2. The largest absolute Gasteiger partial charge is 0.394 e. The zero-order valence-corrected chi connectivity index (χ0v) is 18.9. The van der Waals surface area contributed by atoms with Crippen molar-refractivity contribution < 1.29 is 44.5 Å². The van der Waals surface area contributed by atoms with Crippen molar-refractivity contribution in [2.45, 2.75) is 114 Å². The molecule has 6 unspecified atom stereocenters. The fraction of sp³-hybridized carbons (Fsp3) is 1.00. The molecule has 0 radical (unpaired) electrons. The van der Waals surface area contributed by atoms with E-state index in [-0.39, 0.29) is 12.1 Å². The summed E-state index contributed by atoms with van der Waals surface area (Å²) in [5.74, 6) is -1.20. The lowest BCUT2D eigenvalue weighted by Crippen LogP contribution is -2.68. The summed E-state index contributed by atoms with van der Waals surface area (Å²) in [6, 6.07) is -1.37. The Morgan fingerprint density at radius 1 is 0.812 bits per heavy atom. The summed E-state index contributed by atoms with van der Waals surface area (Å²) in [4.78, 5) is 0. The first kappa shape index (κ1) is 26.2. The Bertz CT molecular complexity index is 600. The van der Waals surface area contributed by atoms with Gasteiger partial charge in [-0.15, -0.1) is 0 Å². The van der Waals surface area contributed by atoms with Crippen LogP contribution in [-0.4, -0.2) is 106 Å². The van der Waals surface area contributed by atoms with Gasteiger partial charge in [0, 0.05) is 11.8 Å². The van der Waals surface area contributed by atoms with Crippen LogP contribution in [0.15, 0.2) is 0 Å². The van der Waals surface area contributed by atoms with Crippen molar-refractivity contribution in [3.63, 3.8) is 0 Å². The quantitative estimate of drug-likeness (QED) is 0.225. The third-order valence-corrected chi connectivity index (χ3v) is 7.27. The standard InChI is InChI=1S/C21H40N2O9/c1-4-10-5-6-11(22)20(29-10)31-18-9(3)15(26)13(23)19(17(18)28)32-21-16(27)8(2)14(25)12(7-24)30-21/h8-21,24-28H,4-7,22-23H2,1-3H3/t8-,9-,10+,11?,12?,13?,14-,15+,16?,17?,18?,19-,20+,21+/m0/s1. The first-order chi connectivity index (χ1) is 15.1. The van der Waals surface area contributed by atoms with Gasteiger partial charge in [-0.2, -0.15) is 0 Å². The van der Waals surface area contributed by atoms with E-state index in [1.807, 2.05) is 6.92 Å². The topological polar surface area (TPSA) is 190 Å². The van der Waals surface area contributed by atoms with Gasteiger partial charge in [0.25, 0.3) is 0 Å². The van der Waals surface area contributed by atoms with Gasteiger partial charge in [-0.05, 0) is 19.3 Å². The van der Waals surface area contributed by atoms with Crippen molar-refractivity contribution in [1.82, 2.24) is 0 Å². The fourth-order valence-corrected chi connectivity index (χ4v) is 4.84. The van der Waals surface area contributed by atoms with E-state index in [0.717, 1.165) is 12.8 Å². The van der Waals surface area contributed by atoms with Crippen LogP contribution in [-0.2, 0) is 18.9 Å². The van der Waals surface area contributed by atoms with Crippen LogP contribution in [0.4, 0.5) is 0 Å². The maximum absolute atomic E-state index is 11.1. The van der Waals surface area contributed by atoms with Crippen LogP contribution in [0.2, 0.25) is 0 Å². The molecule has 0 bridgehead atoms. The van der Waals surface area contributed by atoms with Gasteiger partial charge in [0.1, 0.15) is 24.4 Å². The molecule has 2 saturated heterocycles. The lowest BCUT2D eigenvalue weighted by molar-refractivity contribution is -0.328. The van der Waals surface area contributed by atoms with Crippen LogP contribution in [0.1, 0.15) is 40.0 Å². The van der Waals surface area contributed by atoms with E-state index in [1.54, 1.807) is 13.8 Å². The third-order valence-electron chi connectivity index (χ3n) is 7.27. The van der Waals surface area contributed by atoms with Gasteiger partial charge in [0.05, 0.1) is 43.1 Å². The molecule has 2 heterocycles. The minimum Gasteiger partial charge on any atom is -0.394 e. The number of hydrogen-bond donors (Lipinski definition) is 7. The molecule has 9 N–H and O–H groups in total. The minimum absolute atomic E-state index is 0.00387. The summed E-state index contributed by atoms with van der Waals surface area (Å²) >= 11 is 0. The summed E-state index contributed by atoms with van der Waals surface area (Å²) in [6.45, 7) is 4.85. The molecular weight excluding hydrogens is 424 g/mol. The Hall–Kier alpha value is -0.440. The number of aliphatic hydroxyl groups excluding tert-OH is 5. The number of ether oxygens (including phenoxy) is 4. The van der Waals surface area contributed by atoms with E-state index in [1.165, 1.54) is 0 Å². The van der Waals surface area contributed by atoms with Gasteiger partial charge < -0.3 is 55.9 Å². The van der Waals surface area contributed by atoms with E-state index in [0.29, 0.717) is 6.42 Å². The second-order valence-electron chi connectivity index (χ2n) is 9.46. The monoisotopic (exact) mass is 464 g/mol. The summed E-state index contributed by atoms with van der Waals surface area (Å²) in [7, 11) is 0. The predicted octanol–water partition coefficient (Wildman–Crippen LogP) is -2.23. The smallest absolute Gasteiger partial charge is 0.184 e. The summed E-state index contributed by atoms with van der Waals surface area (Å²) in [5, 5.41) is 52.0. The Balaban J connectivity index is 1.74. The second kappa shape index (κ2) is 10.9. The molecule has 3 rings (SSSR count). The molecular formula is C21H40N2O9. The normalized spacial score (nSPS) is 52.7. The van der Waals surface area contributed by atoms with Crippen LogP contribution < -0.4 is 11.5 Å². The van der Waals surface area contributed by atoms with Gasteiger partial charge in [-0.25, -0.2) is 0 Å². The van der Waals surface area contributed by atoms with Crippen LogP contribution in [0.5, 0.6) is 0 Å². The maximum atomic E-state index is 11.1. The Morgan fingerprint density at radius 2 is 1.47 bits per heavy atom. The van der Waals surface area contributed by atoms with Crippen LogP contribution >= 0.6 is 0 Å². The summed E-state index contributed by atoms with van der Waals surface area (Å²) in [6.07, 6.45) is -7.33. The molecule has 188 valence electrons. The average molecular weight is 465 g/mol. The highest BCUT2D eigenvalue weighted by Gasteiger charge is 2.52. The third kappa shape index (κ3) is 5.13. The maximum Gasteiger partial charge on any atom is 0.184 e. The van der Waals surface area contributed by atoms with E-state index >= 15 is 0 Å². The zero-order valence-electron chi connectivity index (χ0n) is 18.9. The first-order valence-corrected chi connectivity index (χ1v) is 11.6. The SMILES string of the molecule is CC[C@@H]1CCC(N)[C@@H](OC2C(O)[C@@H](O[C@H]3OC(CO)[C@@H](O)[C@H](C)C3O)C(N)[C@H](O)[C@@H]2C)O1. The summed E-state index contributed by atoms with van der Waals surface area (Å²) < 4.78 is 23.4. The Kier molecular flexibility index (Phi) is 8.89. The molecule has 0 spiro atoms. The van der Waals surface area contributed by atoms with Crippen LogP contribution in [0.3, 0.4) is 0 Å². The molecule has 3 fully saturated rings. The highest BCUT2D eigenvalue weighted by atomic mass is 16.7. The predicted molar refractivity (Wildman–Crippen MR) is 112 cm³/mol. The van der Waals surface area contributed by atoms with Gasteiger partial charge in [-0.1, -0.05) is 20.8 Å². The molecule has 2 aliphatic heterocycles. The molecule has 0 aromatic heterocycles. The minimum atomic E-state index is -1.27. The number of rotatable bonds is 6. The van der Waals surface area contributed by atoms with Crippen molar-refractivity contribution in [2.24, 2.45) is 23.3 Å². The van der Waals surface area contributed by atoms with Crippen molar-refractivity contribution in [3.05, 3.63) is 0 Å². The van der Waals surface area contributed by atoms with Crippen molar-refractivity contribution in [2.75, 3.05) is 6.61 Å². The van der Waals surface area contributed by atoms with Gasteiger partial charge in [-0.3, -0.25) is 0 Å². The van der Waals surface area contributed by atoms with Crippen molar-refractivity contribution >= 4 is 0 Å². The lowest BCUT2D eigenvalue weighted by atomic mass is 9.78. The van der Waals surface area contributed by atoms with E-state index in [4.69, 9.17) is 30.4 Å². The fourth-order valence-electron chi connectivity index (χ4n) is 4.84. The van der Waals surface area contributed by atoms with Gasteiger partial charge in [0.15, 0.2) is 12.6 Å². The molecule has 3 aliphatic rings. The molecule has 1 saturated carbocycles. The molecule has 32 heavy (non-hydrogen) atoms. The van der Waals surface area contributed by atoms with Gasteiger partial charge in [0.2, 0.25) is 0 Å². The van der Waals surface area contributed by atoms with E-state index in [2.05, 4.69) is 0 Å². The lowest BCUT2D eigenvalue weighted by Gasteiger charge is -2.49.